The van der Waals surface area contributed by atoms with Crippen LogP contribution in [-0.2, 0) is 19.8 Å². The van der Waals surface area contributed by atoms with E-state index in [4.69, 9.17) is 5.73 Å². The van der Waals surface area contributed by atoms with Crippen molar-refractivity contribution < 1.29 is 13.2 Å². The standard InChI is InChI=1S/C14H12F3N5/c1-22-7-19-13-12(22)11(20-10(6-18)21-13)8-2-4-9(5-3-8)14(15,16)17/h2-5,7H,6,18H2,1H3. The van der Waals surface area contributed by atoms with Gasteiger partial charge >= 0.3 is 6.18 Å². The largest absolute Gasteiger partial charge is 0.416 e. The Morgan fingerprint density at radius 3 is 2.41 bits per heavy atom. The normalized spacial score (nSPS) is 12.0. The first-order valence-corrected chi connectivity index (χ1v) is 6.46. The summed E-state index contributed by atoms with van der Waals surface area (Å²) >= 11 is 0. The molecule has 22 heavy (non-hydrogen) atoms. The summed E-state index contributed by atoms with van der Waals surface area (Å²) in [6.45, 7) is 0.125. The van der Waals surface area contributed by atoms with Crippen LogP contribution < -0.4 is 5.73 Å². The molecular weight excluding hydrogens is 295 g/mol. The molecule has 2 aromatic heterocycles. The zero-order valence-electron chi connectivity index (χ0n) is 11.6. The zero-order valence-corrected chi connectivity index (χ0v) is 11.6. The van der Waals surface area contributed by atoms with E-state index in [9.17, 15) is 13.2 Å². The van der Waals surface area contributed by atoms with Crippen LogP contribution in [0.25, 0.3) is 22.4 Å². The van der Waals surface area contributed by atoms with Gasteiger partial charge in [-0.1, -0.05) is 12.1 Å². The van der Waals surface area contributed by atoms with Crippen molar-refractivity contribution in [2.75, 3.05) is 0 Å². The number of nitrogens with two attached hydrogens (primary N) is 1. The summed E-state index contributed by atoms with van der Waals surface area (Å²) in [4.78, 5) is 12.7. The van der Waals surface area contributed by atoms with Gasteiger partial charge in [-0.15, -0.1) is 0 Å². The number of alkyl halides is 3. The molecule has 0 bridgehead atoms. The number of halogens is 3. The molecule has 0 amide bonds. The Bertz CT molecular complexity index is 821. The van der Waals surface area contributed by atoms with Gasteiger partial charge in [0.25, 0.3) is 0 Å². The maximum Gasteiger partial charge on any atom is 0.416 e. The molecule has 0 saturated carbocycles. The van der Waals surface area contributed by atoms with Crippen LogP contribution in [0.2, 0.25) is 0 Å². The topological polar surface area (TPSA) is 69.6 Å². The second kappa shape index (κ2) is 5.06. The lowest BCUT2D eigenvalue weighted by Crippen LogP contribution is -2.06. The third-order valence-electron chi connectivity index (χ3n) is 3.29. The maximum absolute atomic E-state index is 12.7. The molecule has 114 valence electrons. The van der Waals surface area contributed by atoms with Crippen LogP contribution in [0.5, 0.6) is 0 Å². The number of rotatable bonds is 2. The van der Waals surface area contributed by atoms with Gasteiger partial charge < -0.3 is 10.3 Å². The van der Waals surface area contributed by atoms with E-state index in [1.54, 1.807) is 17.9 Å². The van der Waals surface area contributed by atoms with Crippen molar-refractivity contribution in [3.63, 3.8) is 0 Å². The van der Waals surface area contributed by atoms with Crippen molar-refractivity contribution in [1.29, 1.82) is 0 Å². The van der Waals surface area contributed by atoms with Crippen molar-refractivity contribution in [1.82, 2.24) is 19.5 Å². The van der Waals surface area contributed by atoms with Crippen molar-refractivity contribution >= 4 is 11.2 Å². The molecule has 0 aliphatic carbocycles. The SMILES string of the molecule is Cn1cnc2nc(CN)nc(-c3ccc(C(F)(F)F)cc3)c21. The fourth-order valence-corrected chi connectivity index (χ4v) is 2.21. The summed E-state index contributed by atoms with van der Waals surface area (Å²) in [6.07, 6.45) is -2.79. The highest BCUT2D eigenvalue weighted by Crippen LogP contribution is 2.32. The summed E-state index contributed by atoms with van der Waals surface area (Å²) in [7, 11) is 1.77. The molecule has 2 N–H and O–H groups in total. The predicted molar refractivity (Wildman–Crippen MR) is 74.6 cm³/mol. The monoisotopic (exact) mass is 307 g/mol. The summed E-state index contributed by atoms with van der Waals surface area (Å²) in [6, 6.07) is 4.83. The minimum absolute atomic E-state index is 0.125. The van der Waals surface area contributed by atoms with Gasteiger partial charge in [-0.05, 0) is 12.1 Å². The second-order valence-corrected chi connectivity index (χ2v) is 4.80. The minimum atomic E-state index is -4.37. The van der Waals surface area contributed by atoms with E-state index in [0.717, 1.165) is 12.1 Å². The molecule has 2 heterocycles. The molecule has 5 nitrogen and oxygen atoms in total. The van der Waals surface area contributed by atoms with Gasteiger partial charge in [0.2, 0.25) is 0 Å². The van der Waals surface area contributed by atoms with Crippen LogP contribution in [0.15, 0.2) is 30.6 Å². The number of hydrogen-bond donors (Lipinski definition) is 1. The first-order chi connectivity index (χ1) is 10.4. The Morgan fingerprint density at radius 1 is 1.14 bits per heavy atom. The van der Waals surface area contributed by atoms with E-state index < -0.39 is 11.7 Å². The van der Waals surface area contributed by atoms with Gasteiger partial charge in [0.05, 0.1) is 18.4 Å². The van der Waals surface area contributed by atoms with Crippen molar-refractivity contribution in [2.45, 2.75) is 12.7 Å². The van der Waals surface area contributed by atoms with Crippen LogP contribution in [0.3, 0.4) is 0 Å². The van der Waals surface area contributed by atoms with Gasteiger partial charge in [-0.25, -0.2) is 15.0 Å². The van der Waals surface area contributed by atoms with Gasteiger partial charge in [0, 0.05) is 12.6 Å². The maximum atomic E-state index is 12.7. The molecule has 0 aliphatic heterocycles. The second-order valence-electron chi connectivity index (χ2n) is 4.80. The van der Waals surface area contributed by atoms with E-state index in [-0.39, 0.29) is 6.54 Å². The summed E-state index contributed by atoms with van der Waals surface area (Å²) in [5.41, 5.74) is 7.05. The Hall–Kier alpha value is -2.48. The van der Waals surface area contributed by atoms with E-state index in [1.807, 2.05) is 0 Å². The quantitative estimate of drug-likeness (QED) is 0.790. The summed E-state index contributed by atoms with van der Waals surface area (Å²) in [5, 5.41) is 0. The van der Waals surface area contributed by atoms with Crippen LogP contribution in [0.1, 0.15) is 11.4 Å². The molecule has 0 unspecified atom stereocenters. The van der Waals surface area contributed by atoms with Crippen molar-refractivity contribution in [2.24, 2.45) is 12.8 Å². The average molecular weight is 307 g/mol. The lowest BCUT2D eigenvalue weighted by Gasteiger charge is -2.09. The van der Waals surface area contributed by atoms with E-state index in [1.165, 1.54) is 12.1 Å². The number of aromatic nitrogens is 4. The van der Waals surface area contributed by atoms with Gasteiger partial charge in [0.15, 0.2) is 5.65 Å². The molecule has 0 fully saturated rings. The number of fused-ring (bicyclic) bond motifs is 1. The van der Waals surface area contributed by atoms with Crippen LogP contribution in [0, 0.1) is 0 Å². The molecule has 0 saturated heterocycles. The molecule has 8 heteroatoms. The number of nitrogens with zero attached hydrogens (tertiary/aromatic N) is 4. The van der Waals surface area contributed by atoms with Crippen LogP contribution >= 0.6 is 0 Å². The smallest absolute Gasteiger partial charge is 0.331 e. The highest BCUT2D eigenvalue weighted by Gasteiger charge is 2.30. The average Bonchev–Trinajstić information content (AvgIpc) is 2.87. The van der Waals surface area contributed by atoms with Gasteiger partial charge in [-0.2, -0.15) is 13.2 Å². The van der Waals surface area contributed by atoms with Crippen molar-refractivity contribution in [3.8, 4) is 11.3 Å². The van der Waals surface area contributed by atoms with E-state index in [0.29, 0.717) is 28.2 Å². The molecule has 0 radical (unpaired) electrons. The number of imidazole rings is 1. The first-order valence-electron chi connectivity index (χ1n) is 6.46. The lowest BCUT2D eigenvalue weighted by molar-refractivity contribution is -0.137. The Labute approximate surface area is 123 Å². The zero-order chi connectivity index (χ0) is 15.9. The molecule has 3 aromatic rings. The molecule has 0 atom stereocenters. The number of hydrogen-bond acceptors (Lipinski definition) is 4. The third kappa shape index (κ3) is 2.41. The van der Waals surface area contributed by atoms with Crippen LogP contribution in [-0.4, -0.2) is 19.5 Å². The Kier molecular flexibility index (Phi) is 3.32. The third-order valence-corrected chi connectivity index (χ3v) is 3.29. The predicted octanol–water partition coefficient (Wildman–Crippen LogP) is 2.51. The highest BCUT2D eigenvalue weighted by atomic mass is 19.4. The fraction of sp³-hybridized carbons (Fsp3) is 0.214. The summed E-state index contributed by atoms with van der Waals surface area (Å²) < 4.78 is 39.7. The fourth-order valence-electron chi connectivity index (χ4n) is 2.21. The lowest BCUT2D eigenvalue weighted by atomic mass is 10.1. The van der Waals surface area contributed by atoms with E-state index >= 15 is 0 Å². The van der Waals surface area contributed by atoms with Crippen molar-refractivity contribution in [3.05, 3.63) is 42.0 Å². The first kappa shape index (κ1) is 14.5. The molecular formula is C14H12F3N5. The van der Waals surface area contributed by atoms with Gasteiger partial charge in [-0.3, -0.25) is 0 Å². The van der Waals surface area contributed by atoms with E-state index in [2.05, 4.69) is 15.0 Å². The number of benzene rings is 1. The molecule has 3 rings (SSSR count). The number of aryl methyl sites for hydroxylation is 1. The summed E-state index contributed by atoms with van der Waals surface area (Å²) in [5.74, 6) is 0.390. The van der Waals surface area contributed by atoms with Crippen LogP contribution in [0.4, 0.5) is 13.2 Å². The van der Waals surface area contributed by atoms with Gasteiger partial charge in [0.1, 0.15) is 17.0 Å². The molecule has 1 aromatic carbocycles. The molecule has 0 spiro atoms. The highest BCUT2D eigenvalue weighted by molar-refractivity contribution is 5.87. The Morgan fingerprint density at radius 2 is 1.82 bits per heavy atom. The molecule has 0 aliphatic rings. The Balaban J connectivity index is 2.18. The minimum Gasteiger partial charge on any atom is -0.331 e.